The molecule has 3 nitrogen and oxygen atoms in total. The minimum absolute atomic E-state index is 0.0732. The molecule has 108 valence electrons. The second kappa shape index (κ2) is 5.96. The van der Waals surface area contributed by atoms with Crippen LogP contribution < -0.4 is 10.6 Å². The predicted molar refractivity (Wildman–Crippen MR) is 87.3 cm³/mol. The molecular formula is C16H14Cl2N2O. The lowest BCUT2D eigenvalue weighted by Gasteiger charge is -2.18. The zero-order chi connectivity index (χ0) is 14.8. The molecule has 5 heteroatoms. The third kappa shape index (κ3) is 2.99. The molecule has 1 unspecified atom stereocenters. The summed E-state index contributed by atoms with van der Waals surface area (Å²) in [5.74, 6) is -0.0732. The molecule has 1 aliphatic heterocycles. The Kier molecular flexibility index (Phi) is 4.04. The van der Waals surface area contributed by atoms with E-state index in [1.54, 1.807) is 18.2 Å². The Hall–Kier alpha value is -1.71. The summed E-state index contributed by atoms with van der Waals surface area (Å²) in [4.78, 5) is 12.3. The van der Waals surface area contributed by atoms with Gasteiger partial charge in [0.05, 0.1) is 15.7 Å². The number of anilines is 2. The first-order valence-corrected chi connectivity index (χ1v) is 7.50. The van der Waals surface area contributed by atoms with Gasteiger partial charge in [-0.1, -0.05) is 47.5 Å². The van der Waals surface area contributed by atoms with Crippen LogP contribution in [0.15, 0.2) is 42.5 Å². The smallest absolute Gasteiger partial charge is 0.246 e. The van der Waals surface area contributed by atoms with Crippen molar-refractivity contribution in [3.05, 3.63) is 58.1 Å². The molecule has 21 heavy (non-hydrogen) atoms. The minimum Gasteiger partial charge on any atom is -0.371 e. The normalized spacial score (nSPS) is 17.6. The summed E-state index contributed by atoms with van der Waals surface area (Å²) >= 11 is 12.3. The summed E-state index contributed by atoms with van der Waals surface area (Å²) in [6.07, 6.45) is 1.50. The maximum absolute atomic E-state index is 12.3. The van der Waals surface area contributed by atoms with Crippen LogP contribution in [0.4, 0.5) is 11.4 Å². The number of hydrogen-bond acceptors (Lipinski definition) is 2. The minimum atomic E-state index is -0.366. The Balaban J connectivity index is 1.83. The highest BCUT2D eigenvalue weighted by molar-refractivity contribution is 6.39. The molecule has 0 aliphatic carbocycles. The van der Waals surface area contributed by atoms with Crippen molar-refractivity contribution >= 4 is 40.5 Å². The first-order chi connectivity index (χ1) is 10.1. The largest absolute Gasteiger partial charge is 0.371 e. The van der Waals surface area contributed by atoms with Crippen molar-refractivity contribution < 1.29 is 4.79 Å². The van der Waals surface area contributed by atoms with Gasteiger partial charge >= 0.3 is 0 Å². The molecule has 1 heterocycles. The van der Waals surface area contributed by atoms with Crippen LogP contribution in [0.3, 0.4) is 0 Å². The van der Waals surface area contributed by atoms with Gasteiger partial charge in [0.1, 0.15) is 6.04 Å². The third-order valence-corrected chi connectivity index (χ3v) is 4.21. The zero-order valence-corrected chi connectivity index (χ0v) is 12.7. The molecule has 2 aromatic carbocycles. The van der Waals surface area contributed by atoms with Crippen molar-refractivity contribution in [2.75, 3.05) is 10.6 Å². The molecular weight excluding hydrogens is 307 g/mol. The van der Waals surface area contributed by atoms with E-state index in [2.05, 4.69) is 10.6 Å². The van der Waals surface area contributed by atoms with Crippen LogP contribution in [0.25, 0.3) is 0 Å². The van der Waals surface area contributed by atoms with Crippen molar-refractivity contribution in [2.45, 2.75) is 18.9 Å². The van der Waals surface area contributed by atoms with E-state index in [-0.39, 0.29) is 11.9 Å². The number of amides is 1. The number of carbonyl (C=O) groups excluding carboxylic acids is 1. The molecule has 0 saturated heterocycles. The number of para-hydroxylation sites is 2. The summed E-state index contributed by atoms with van der Waals surface area (Å²) in [7, 11) is 0. The summed E-state index contributed by atoms with van der Waals surface area (Å²) in [5.41, 5.74) is 2.62. The molecule has 0 fully saturated rings. The Bertz CT molecular complexity index is 667. The SMILES string of the molecule is O=C1Nc2ccccc2CCC1Nc1c(Cl)cccc1Cl. The van der Waals surface area contributed by atoms with Gasteiger partial charge in [0.15, 0.2) is 0 Å². The summed E-state index contributed by atoms with van der Waals surface area (Å²) in [6, 6.07) is 12.7. The van der Waals surface area contributed by atoms with Crippen LogP contribution in [-0.2, 0) is 11.2 Å². The Morgan fingerprint density at radius 2 is 1.76 bits per heavy atom. The standard InChI is InChI=1S/C16H14Cl2N2O/c17-11-5-3-6-12(18)15(11)19-14-9-8-10-4-1-2-7-13(10)20-16(14)21/h1-7,14,19H,8-9H2,(H,20,21). The van der Waals surface area contributed by atoms with E-state index in [0.29, 0.717) is 22.2 Å². The molecule has 1 aliphatic rings. The van der Waals surface area contributed by atoms with Crippen molar-refractivity contribution in [2.24, 2.45) is 0 Å². The molecule has 2 N–H and O–H groups in total. The number of carbonyl (C=O) groups is 1. The van der Waals surface area contributed by atoms with Gasteiger partial charge in [0.25, 0.3) is 0 Å². The number of benzene rings is 2. The van der Waals surface area contributed by atoms with E-state index in [4.69, 9.17) is 23.2 Å². The van der Waals surface area contributed by atoms with Gasteiger partial charge in [-0.15, -0.1) is 0 Å². The fraction of sp³-hybridized carbons (Fsp3) is 0.188. The van der Waals surface area contributed by atoms with Crippen molar-refractivity contribution in [3.63, 3.8) is 0 Å². The van der Waals surface area contributed by atoms with Crippen molar-refractivity contribution in [1.82, 2.24) is 0 Å². The van der Waals surface area contributed by atoms with E-state index in [1.165, 1.54) is 0 Å². The monoisotopic (exact) mass is 320 g/mol. The van der Waals surface area contributed by atoms with Gasteiger partial charge in [-0.2, -0.15) is 0 Å². The fourth-order valence-corrected chi connectivity index (χ4v) is 2.97. The second-order valence-corrected chi connectivity index (χ2v) is 5.79. The van der Waals surface area contributed by atoms with Gasteiger partial charge < -0.3 is 10.6 Å². The van der Waals surface area contributed by atoms with Crippen LogP contribution in [0.2, 0.25) is 10.0 Å². The molecule has 0 bridgehead atoms. The van der Waals surface area contributed by atoms with Crippen molar-refractivity contribution in [1.29, 1.82) is 0 Å². The lowest BCUT2D eigenvalue weighted by Crippen LogP contribution is -2.33. The number of aryl methyl sites for hydroxylation is 1. The average molecular weight is 321 g/mol. The van der Waals surface area contributed by atoms with Crippen LogP contribution in [0, 0.1) is 0 Å². The molecule has 1 atom stereocenters. The summed E-state index contributed by atoms with van der Waals surface area (Å²) in [6.45, 7) is 0. The molecule has 0 saturated carbocycles. The highest BCUT2D eigenvalue weighted by Gasteiger charge is 2.24. The molecule has 1 amide bonds. The third-order valence-electron chi connectivity index (χ3n) is 3.58. The Morgan fingerprint density at radius 1 is 1.05 bits per heavy atom. The maximum atomic E-state index is 12.3. The van der Waals surface area contributed by atoms with Gasteiger partial charge in [0, 0.05) is 5.69 Å². The van der Waals surface area contributed by atoms with Gasteiger partial charge in [-0.25, -0.2) is 0 Å². The summed E-state index contributed by atoms with van der Waals surface area (Å²) in [5, 5.41) is 7.13. The van der Waals surface area contributed by atoms with E-state index in [0.717, 1.165) is 17.7 Å². The number of hydrogen-bond donors (Lipinski definition) is 2. The molecule has 0 aromatic heterocycles. The second-order valence-electron chi connectivity index (χ2n) is 4.98. The first kappa shape index (κ1) is 14.2. The van der Waals surface area contributed by atoms with Crippen LogP contribution in [0.5, 0.6) is 0 Å². The van der Waals surface area contributed by atoms with Gasteiger partial charge in [0.2, 0.25) is 5.91 Å². The number of nitrogens with one attached hydrogen (secondary N) is 2. The highest BCUT2D eigenvalue weighted by atomic mass is 35.5. The Labute approximate surface area is 133 Å². The maximum Gasteiger partial charge on any atom is 0.246 e. The van der Waals surface area contributed by atoms with E-state index < -0.39 is 0 Å². The van der Waals surface area contributed by atoms with Gasteiger partial charge in [-0.05, 0) is 36.6 Å². The topological polar surface area (TPSA) is 41.1 Å². The first-order valence-electron chi connectivity index (χ1n) is 6.74. The van der Waals surface area contributed by atoms with Crippen molar-refractivity contribution in [3.8, 4) is 0 Å². The van der Waals surface area contributed by atoms with Crippen LogP contribution in [0.1, 0.15) is 12.0 Å². The van der Waals surface area contributed by atoms with E-state index in [9.17, 15) is 4.79 Å². The number of halogens is 2. The van der Waals surface area contributed by atoms with Crippen LogP contribution in [-0.4, -0.2) is 11.9 Å². The fourth-order valence-electron chi connectivity index (χ4n) is 2.46. The van der Waals surface area contributed by atoms with Crippen LogP contribution >= 0.6 is 23.2 Å². The number of rotatable bonds is 2. The van der Waals surface area contributed by atoms with E-state index in [1.807, 2.05) is 24.3 Å². The van der Waals surface area contributed by atoms with E-state index >= 15 is 0 Å². The summed E-state index contributed by atoms with van der Waals surface area (Å²) < 4.78 is 0. The highest BCUT2D eigenvalue weighted by Crippen LogP contribution is 2.32. The quantitative estimate of drug-likeness (QED) is 0.863. The predicted octanol–water partition coefficient (Wildman–Crippen LogP) is 4.36. The lowest BCUT2D eigenvalue weighted by atomic mass is 10.1. The Morgan fingerprint density at radius 3 is 2.52 bits per heavy atom. The molecule has 3 rings (SSSR count). The molecule has 0 spiro atoms. The molecule has 0 radical (unpaired) electrons. The number of fused-ring (bicyclic) bond motifs is 1. The van der Waals surface area contributed by atoms with Gasteiger partial charge in [-0.3, -0.25) is 4.79 Å². The lowest BCUT2D eigenvalue weighted by molar-refractivity contribution is -0.116. The average Bonchev–Trinajstić information content (AvgIpc) is 2.62. The zero-order valence-electron chi connectivity index (χ0n) is 11.2. The molecule has 2 aromatic rings.